The summed E-state index contributed by atoms with van der Waals surface area (Å²) in [4.78, 5) is 11.1. The van der Waals surface area contributed by atoms with Gasteiger partial charge in [0, 0.05) is 24.8 Å². The normalized spacial score (nSPS) is 11.1. The number of sulfonamides is 1. The lowest BCUT2D eigenvalue weighted by molar-refractivity contribution is -0.114. The number of benzene rings is 2. The highest BCUT2D eigenvalue weighted by molar-refractivity contribution is 7.89. The Kier molecular flexibility index (Phi) is 4.79. The molecule has 0 fully saturated rings. The van der Waals surface area contributed by atoms with E-state index < -0.39 is 10.0 Å². The molecule has 0 saturated heterocycles. The molecule has 0 bridgehead atoms. The van der Waals surface area contributed by atoms with Crippen molar-refractivity contribution in [2.75, 3.05) is 11.1 Å². The minimum atomic E-state index is -3.61. The van der Waals surface area contributed by atoms with Crippen molar-refractivity contribution in [1.29, 1.82) is 0 Å². The minimum absolute atomic E-state index is 0.136. The first-order valence-corrected chi connectivity index (χ1v) is 8.07. The average molecular weight is 319 g/mol. The highest BCUT2D eigenvalue weighted by atomic mass is 32.2. The van der Waals surface area contributed by atoms with Crippen molar-refractivity contribution in [1.82, 2.24) is 4.72 Å². The van der Waals surface area contributed by atoms with Gasteiger partial charge in [0.25, 0.3) is 0 Å². The van der Waals surface area contributed by atoms with E-state index in [1.54, 1.807) is 36.4 Å². The second-order valence-corrected chi connectivity index (χ2v) is 6.54. The molecule has 0 aliphatic carbocycles. The number of nitrogen functional groups attached to an aromatic ring is 1. The molecule has 0 saturated carbocycles. The van der Waals surface area contributed by atoms with Gasteiger partial charge in [-0.2, -0.15) is 0 Å². The molecule has 0 aliphatic heterocycles. The fraction of sp³-hybridized carbons (Fsp3) is 0.133. The van der Waals surface area contributed by atoms with Crippen molar-refractivity contribution < 1.29 is 13.2 Å². The van der Waals surface area contributed by atoms with E-state index in [4.69, 9.17) is 5.73 Å². The van der Waals surface area contributed by atoms with Gasteiger partial charge in [-0.25, -0.2) is 13.1 Å². The van der Waals surface area contributed by atoms with Gasteiger partial charge in [-0.15, -0.1) is 0 Å². The molecule has 0 heterocycles. The van der Waals surface area contributed by atoms with Crippen LogP contribution in [0, 0.1) is 0 Å². The molecule has 2 rings (SSSR count). The summed E-state index contributed by atoms with van der Waals surface area (Å²) in [6.45, 7) is 1.56. The maximum absolute atomic E-state index is 12.2. The number of nitrogens with one attached hydrogen (secondary N) is 2. The Morgan fingerprint density at radius 1 is 1.05 bits per heavy atom. The van der Waals surface area contributed by atoms with Crippen LogP contribution >= 0.6 is 0 Å². The standard InChI is InChI=1S/C15H17N3O3S/c1-11(19)18-14-6-8-15(9-7-14)22(20,21)17-10-12-2-4-13(16)5-3-12/h2-9,17H,10,16H2,1H3,(H,18,19). The molecule has 0 aromatic heterocycles. The van der Waals surface area contributed by atoms with E-state index in [1.165, 1.54) is 19.1 Å². The summed E-state index contributed by atoms with van der Waals surface area (Å²) in [5, 5.41) is 2.58. The Labute approximate surface area is 129 Å². The molecular formula is C15H17N3O3S. The molecule has 0 atom stereocenters. The molecule has 22 heavy (non-hydrogen) atoms. The average Bonchev–Trinajstić information content (AvgIpc) is 2.47. The van der Waals surface area contributed by atoms with Gasteiger partial charge in [-0.05, 0) is 42.0 Å². The van der Waals surface area contributed by atoms with Crippen LogP contribution in [0.15, 0.2) is 53.4 Å². The fourth-order valence-corrected chi connectivity index (χ4v) is 2.84. The summed E-state index contributed by atoms with van der Waals surface area (Å²) in [7, 11) is -3.61. The molecule has 7 heteroatoms. The van der Waals surface area contributed by atoms with Gasteiger partial charge in [0.15, 0.2) is 0 Å². The number of amides is 1. The number of carbonyl (C=O) groups is 1. The maximum atomic E-state index is 12.2. The molecule has 0 unspecified atom stereocenters. The molecule has 4 N–H and O–H groups in total. The molecule has 1 amide bonds. The van der Waals surface area contributed by atoms with E-state index in [0.717, 1.165) is 5.56 Å². The van der Waals surface area contributed by atoms with Crippen LogP contribution in [0.25, 0.3) is 0 Å². The van der Waals surface area contributed by atoms with E-state index in [1.807, 2.05) is 0 Å². The molecule has 116 valence electrons. The zero-order chi connectivity index (χ0) is 16.2. The Bertz CT molecular complexity index is 754. The van der Waals surface area contributed by atoms with Crippen molar-refractivity contribution >= 4 is 27.3 Å². The predicted octanol–water partition coefficient (Wildman–Crippen LogP) is 1.71. The van der Waals surface area contributed by atoms with E-state index in [0.29, 0.717) is 11.4 Å². The molecular weight excluding hydrogens is 302 g/mol. The van der Waals surface area contributed by atoms with E-state index in [2.05, 4.69) is 10.0 Å². The molecule has 0 radical (unpaired) electrons. The van der Waals surface area contributed by atoms with Gasteiger partial charge in [0.05, 0.1) is 4.90 Å². The Morgan fingerprint density at radius 2 is 1.64 bits per heavy atom. The van der Waals surface area contributed by atoms with Gasteiger partial charge in [-0.1, -0.05) is 12.1 Å². The topological polar surface area (TPSA) is 101 Å². The smallest absolute Gasteiger partial charge is 0.240 e. The van der Waals surface area contributed by atoms with Crippen LogP contribution in [-0.2, 0) is 21.4 Å². The van der Waals surface area contributed by atoms with Gasteiger partial charge in [0.1, 0.15) is 0 Å². The number of nitrogens with two attached hydrogens (primary N) is 1. The van der Waals surface area contributed by atoms with Crippen molar-refractivity contribution in [3.05, 3.63) is 54.1 Å². The van der Waals surface area contributed by atoms with Crippen molar-refractivity contribution in [3.8, 4) is 0 Å². The Balaban J connectivity index is 2.06. The first kappa shape index (κ1) is 16.0. The fourth-order valence-electron chi connectivity index (χ4n) is 1.82. The van der Waals surface area contributed by atoms with Gasteiger partial charge in [0.2, 0.25) is 15.9 Å². The van der Waals surface area contributed by atoms with E-state index in [-0.39, 0.29) is 17.3 Å². The summed E-state index contributed by atoms with van der Waals surface area (Å²) in [5.74, 6) is -0.211. The van der Waals surface area contributed by atoms with Crippen molar-refractivity contribution in [3.63, 3.8) is 0 Å². The summed E-state index contributed by atoms with van der Waals surface area (Å²) >= 11 is 0. The highest BCUT2D eigenvalue weighted by Gasteiger charge is 2.13. The quantitative estimate of drug-likeness (QED) is 0.730. The van der Waals surface area contributed by atoms with E-state index in [9.17, 15) is 13.2 Å². The highest BCUT2D eigenvalue weighted by Crippen LogP contribution is 2.14. The van der Waals surface area contributed by atoms with Crippen molar-refractivity contribution in [2.24, 2.45) is 0 Å². The Morgan fingerprint density at radius 3 is 2.18 bits per heavy atom. The number of anilines is 2. The molecule has 2 aromatic carbocycles. The SMILES string of the molecule is CC(=O)Nc1ccc(S(=O)(=O)NCc2ccc(N)cc2)cc1. The third-order valence-corrected chi connectivity index (χ3v) is 4.35. The zero-order valence-corrected chi connectivity index (χ0v) is 12.9. The molecule has 0 aliphatic rings. The number of hydrogen-bond donors (Lipinski definition) is 3. The molecule has 6 nitrogen and oxygen atoms in total. The minimum Gasteiger partial charge on any atom is -0.399 e. The lowest BCUT2D eigenvalue weighted by Crippen LogP contribution is -2.23. The number of carbonyl (C=O) groups excluding carboxylic acids is 1. The summed E-state index contributed by atoms with van der Waals surface area (Å²) < 4.78 is 26.9. The summed E-state index contributed by atoms with van der Waals surface area (Å²) in [5.41, 5.74) is 7.56. The zero-order valence-electron chi connectivity index (χ0n) is 12.0. The van der Waals surface area contributed by atoms with Gasteiger partial charge >= 0.3 is 0 Å². The largest absolute Gasteiger partial charge is 0.399 e. The van der Waals surface area contributed by atoms with Gasteiger partial charge in [-0.3, -0.25) is 4.79 Å². The third kappa shape index (κ3) is 4.31. The lowest BCUT2D eigenvalue weighted by atomic mass is 10.2. The van der Waals surface area contributed by atoms with E-state index >= 15 is 0 Å². The second-order valence-electron chi connectivity index (χ2n) is 4.77. The number of hydrogen-bond acceptors (Lipinski definition) is 4. The first-order chi connectivity index (χ1) is 10.4. The maximum Gasteiger partial charge on any atom is 0.240 e. The Hall–Kier alpha value is -2.38. The van der Waals surface area contributed by atoms with Crippen LogP contribution < -0.4 is 15.8 Å². The van der Waals surface area contributed by atoms with Crippen LogP contribution in [0.5, 0.6) is 0 Å². The summed E-state index contributed by atoms with van der Waals surface area (Å²) in [6, 6.07) is 12.9. The van der Waals surface area contributed by atoms with Crippen LogP contribution in [0.1, 0.15) is 12.5 Å². The molecule has 2 aromatic rings. The van der Waals surface area contributed by atoms with Crippen LogP contribution in [-0.4, -0.2) is 14.3 Å². The van der Waals surface area contributed by atoms with Crippen LogP contribution in [0.4, 0.5) is 11.4 Å². The second kappa shape index (κ2) is 6.59. The monoisotopic (exact) mass is 319 g/mol. The third-order valence-electron chi connectivity index (χ3n) is 2.93. The van der Waals surface area contributed by atoms with Gasteiger partial charge < -0.3 is 11.1 Å². The lowest BCUT2D eigenvalue weighted by Gasteiger charge is -2.08. The van der Waals surface area contributed by atoms with Crippen LogP contribution in [0.3, 0.4) is 0 Å². The summed E-state index contributed by atoms with van der Waals surface area (Å²) in [6.07, 6.45) is 0. The van der Waals surface area contributed by atoms with Crippen LogP contribution in [0.2, 0.25) is 0 Å². The predicted molar refractivity (Wildman–Crippen MR) is 85.6 cm³/mol. The van der Waals surface area contributed by atoms with Crippen molar-refractivity contribution in [2.45, 2.75) is 18.4 Å². The molecule has 0 spiro atoms. The number of rotatable bonds is 5. The first-order valence-electron chi connectivity index (χ1n) is 6.58.